The van der Waals surface area contributed by atoms with Crippen molar-refractivity contribution in [2.24, 2.45) is 0 Å². The summed E-state index contributed by atoms with van der Waals surface area (Å²) >= 11 is 7.29. The maximum atomic E-state index is 5.67. The summed E-state index contributed by atoms with van der Waals surface area (Å²) in [4.78, 5) is 0.885. The van der Waals surface area contributed by atoms with E-state index in [0.717, 1.165) is 40.9 Å². The van der Waals surface area contributed by atoms with Crippen molar-refractivity contribution in [3.8, 4) is 0 Å². The average Bonchev–Trinajstić information content (AvgIpc) is 2.74. The number of aromatic nitrogens is 4. The number of nitrogens with zero attached hydrogens (tertiary/aromatic N) is 4. The van der Waals surface area contributed by atoms with Gasteiger partial charge in [0.15, 0.2) is 5.82 Å². The molecule has 2 rings (SSSR count). The molecule has 0 saturated heterocycles. The number of halogens is 1. The normalized spacial score (nSPS) is 12.5. The molecular weight excluding hydrogens is 256 g/mol. The van der Waals surface area contributed by atoms with Crippen LogP contribution < -0.4 is 0 Å². The zero-order valence-electron chi connectivity index (χ0n) is 10.4. The zero-order valence-corrected chi connectivity index (χ0v) is 12.0. The van der Waals surface area contributed by atoms with Gasteiger partial charge in [-0.1, -0.05) is 32.1 Å². The van der Waals surface area contributed by atoms with Crippen molar-refractivity contribution in [1.82, 2.24) is 19.8 Å². The highest BCUT2D eigenvalue weighted by molar-refractivity contribution is 7.16. The molecule has 0 amide bonds. The summed E-state index contributed by atoms with van der Waals surface area (Å²) < 4.78 is 1.88. The van der Waals surface area contributed by atoms with Crippen molar-refractivity contribution in [2.45, 2.75) is 45.4 Å². The fourth-order valence-corrected chi connectivity index (χ4v) is 2.66. The van der Waals surface area contributed by atoms with Crippen LogP contribution in [0, 0.1) is 0 Å². The van der Waals surface area contributed by atoms with Crippen molar-refractivity contribution in [2.75, 3.05) is 5.88 Å². The van der Waals surface area contributed by atoms with Crippen molar-refractivity contribution < 1.29 is 0 Å². The van der Waals surface area contributed by atoms with Crippen LogP contribution in [0.15, 0.2) is 0 Å². The monoisotopic (exact) mass is 272 g/mol. The minimum atomic E-state index is -0.0269. The maximum absolute atomic E-state index is 5.67. The van der Waals surface area contributed by atoms with Gasteiger partial charge in [0.1, 0.15) is 5.01 Å². The SMILES string of the molecule is CC(C)(C)c1nnc2sc(CCCCCl)nn12. The van der Waals surface area contributed by atoms with Crippen LogP contribution in [0.2, 0.25) is 0 Å². The van der Waals surface area contributed by atoms with Gasteiger partial charge in [0.2, 0.25) is 4.96 Å². The van der Waals surface area contributed by atoms with Gasteiger partial charge in [-0.05, 0) is 12.8 Å². The lowest BCUT2D eigenvalue weighted by atomic mass is 9.96. The van der Waals surface area contributed by atoms with E-state index in [1.54, 1.807) is 11.3 Å². The van der Waals surface area contributed by atoms with Crippen molar-refractivity contribution in [3.63, 3.8) is 0 Å². The van der Waals surface area contributed by atoms with E-state index < -0.39 is 0 Å². The molecule has 0 aliphatic heterocycles. The summed E-state index contributed by atoms with van der Waals surface area (Å²) in [5, 5.41) is 14.1. The molecule has 0 radical (unpaired) electrons. The van der Waals surface area contributed by atoms with Gasteiger partial charge in [0, 0.05) is 17.7 Å². The lowest BCUT2D eigenvalue weighted by Gasteiger charge is -2.13. The number of fused-ring (bicyclic) bond motifs is 1. The van der Waals surface area contributed by atoms with E-state index in [0.29, 0.717) is 0 Å². The highest BCUT2D eigenvalue weighted by Gasteiger charge is 2.23. The van der Waals surface area contributed by atoms with Gasteiger partial charge in [-0.3, -0.25) is 0 Å². The minimum absolute atomic E-state index is 0.0269. The van der Waals surface area contributed by atoms with E-state index in [-0.39, 0.29) is 5.41 Å². The number of rotatable bonds is 4. The first-order chi connectivity index (χ1) is 8.02. The number of hydrogen-bond acceptors (Lipinski definition) is 4. The van der Waals surface area contributed by atoms with Crippen molar-refractivity contribution in [3.05, 3.63) is 10.8 Å². The van der Waals surface area contributed by atoms with E-state index in [9.17, 15) is 0 Å². The van der Waals surface area contributed by atoms with Crippen LogP contribution in [0.1, 0.15) is 44.4 Å². The summed E-state index contributed by atoms with van der Waals surface area (Å²) in [5.41, 5.74) is -0.0269. The molecule has 0 fully saturated rings. The third kappa shape index (κ3) is 2.77. The summed E-state index contributed by atoms with van der Waals surface area (Å²) in [6.45, 7) is 6.36. The van der Waals surface area contributed by atoms with E-state index in [1.165, 1.54) is 0 Å². The highest BCUT2D eigenvalue weighted by atomic mass is 35.5. The maximum Gasteiger partial charge on any atom is 0.234 e. The molecule has 2 heterocycles. The molecule has 0 spiro atoms. The van der Waals surface area contributed by atoms with Crippen LogP contribution in [-0.2, 0) is 11.8 Å². The third-order valence-corrected chi connectivity index (χ3v) is 3.70. The van der Waals surface area contributed by atoms with Crippen LogP contribution in [0.5, 0.6) is 0 Å². The van der Waals surface area contributed by atoms with Gasteiger partial charge < -0.3 is 0 Å². The first kappa shape index (κ1) is 12.8. The van der Waals surface area contributed by atoms with Crippen LogP contribution in [0.25, 0.3) is 4.96 Å². The Morgan fingerprint density at radius 1 is 1.24 bits per heavy atom. The second-order valence-corrected chi connectivity index (χ2v) is 6.53. The molecule has 0 bridgehead atoms. The quantitative estimate of drug-likeness (QED) is 0.635. The molecule has 6 heteroatoms. The average molecular weight is 273 g/mol. The topological polar surface area (TPSA) is 43.1 Å². The first-order valence-corrected chi connectivity index (χ1v) is 7.15. The van der Waals surface area contributed by atoms with E-state index in [1.807, 2.05) is 4.52 Å². The minimum Gasteiger partial charge on any atom is -0.187 e. The van der Waals surface area contributed by atoms with Crippen LogP contribution in [0.3, 0.4) is 0 Å². The Labute approximate surface area is 110 Å². The Bertz CT molecular complexity index is 497. The highest BCUT2D eigenvalue weighted by Crippen LogP contribution is 2.23. The smallest absolute Gasteiger partial charge is 0.187 e. The second-order valence-electron chi connectivity index (χ2n) is 5.11. The second kappa shape index (κ2) is 4.90. The molecule has 0 aliphatic rings. The van der Waals surface area contributed by atoms with E-state index in [2.05, 4.69) is 36.1 Å². The Morgan fingerprint density at radius 3 is 2.65 bits per heavy atom. The molecule has 94 valence electrons. The number of alkyl halides is 1. The van der Waals surface area contributed by atoms with Gasteiger partial charge in [-0.2, -0.15) is 9.61 Å². The Kier molecular flexibility index (Phi) is 3.68. The molecule has 0 atom stereocenters. The zero-order chi connectivity index (χ0) is 12.5. The van der Waals surface area contributed by atoms with Gasteiger partial charge >= 0.3 is 0 Å². The standard InChI is InChI=1S/C11H17ClN4S/c1-11(2,3)9-13-14-10-16(9)15-8(17-10)6-4-5-7-12/h4-7H2,1-3H3. The number of aryl methyl sites for hydroxylation is 1. The van der Waals surface area contributed by atoms with E-state index >= 15 is 0 Å². The number of hydrogen-bond donors (Lipinski definition) is 0. The Balaban J connectivity index is 2.23. The van der Waals surface area contributed by atoms with Gasteiger partial charge in [0.25, 0.3) is 0 Å². The van der Waals surface area contributed by atoms with Crippen molar-refractivity contribution >= 4 is 27.9 Å². The molecular formula is C11H17ClN4S. The summed E-state index contributed by atoms with van der Waals surface area (Å²) in [6, 6.07) is 0. The van der Waals surface area contributed by atoms with Crippen LogP contribution >= 0.6 is 22.9 Å². The predicted molar refractivity (Wildman–Crippen MR) is 71.0 cm³/mol. The predicted octanol–water partition coefficient (Wildman–Crippen LogP) is 3.04. The largest absolute Gasteiger partial charge is 0.234 e. The molecule has 0 aliphatic carbocycles. The van der Waals surface area contributed by atoms with Gasteiger partial charge in [-0.15, -0.1) is 21.8 Å². The molecule has 17 heavy (non-hydrogen) atoms. The van der Waals surface area contributed by atoms with Gasteiger partial charge in [0.05, 0.1) is 0 Å². The first-order valence-electron chi connectivity index (χ1n) is 5.80. The molecule has 2 aromatic rings. The summed E-state index contributed by atoms with van der Waals surface area (Å²) in [5.74, 6) is 1.64. The fourth-order valence-electron chi connectivity index (χ4n) is 1.60. The molecule has 0 aromatic carbocycles. The third-order valence-electron chi connectivity index (χ3n) is 2.48. The molecule has 0 saturated carbocycles. The molecule has 0 N–H and O–H groups in total. The van der Waals surface area contributed by atoms with Crippen LogP contribution in [0.4, 0.5) is 0 Å². The molecule has 4 nitrogen and oxygen atoms in total. The molecule has 0 unspecified atom stereocenters. The van der Waals surface area contributed by atoms with Crippen LogP contribution in [-0.4, -0.2) is 25.7 Å². The fraction of sp³-hybridized carbons (Fsp3) is 0.727. The van der Waals surface area contributed by atoms with E-state index in [4.69, 9.17) is 11.6 Å². The summed E-state index contributed by atoms with van der Waals surface area (Å²) in [7, 11) is 0. The van der Waals surface area contributed by atoms with Gasteiger partial charge in [-0.25, -0.2) is 0 Å². The Morgan fingerprint density at radius 2 is 2.00 bits per heavy atom. The Hall–Kier alpha value is -0.680. The van der Waals surface area contributed by atoms with Crippen molar-refractivity contribution in [1.29, 1.82) is 0 Å². The molecule has 2 aromatic heterocycles. The number of unbranched alkanes of at least 4 members (excludes halogenated alkanes) is 1. The summed E-state index contributed by atoms with van der Waals surface area (Å²) in [6.07, 6.45) is 3.09. The lowest BCUT2D eigenvalue weighted by molar-refractivity contribution is 0.526. The lowest BCUT2D eigenvalue weighted by Crippen LogP contribution is -2.16.